The molecule has 2 heterocycles. The van der Waals surface area contributed by atoms with Crippen molar-refractivity contribution in [3.05, 3.63) is 28.7 Å². The Bertz CT molecular complexity index is 1080. The lowest BCUT2D eigenvalue weighted by Crippen LogP contribution is -2.55. The fraction of sp³-hybridized carbons (Fsp3) is 0.533. The summed E-state index contributed by atoms with van der Waals surface area (Å²) >= 11 is 0. The van der Waals surface area contributed by atoms with E-state index in [1.165, 1.54) is 16.4 Å². The zero-order valence-electron chi connectivity index (χ0n) is 13.4. The first kappa shape index (κ1) is 16.8. The molecule has 2 aliphatic rings. The van der Waals surface area contributed by atoms with Crippen LogP contribution < -0.4 is 5.69 Å². The van der Waals surface area contributed by atoms with Gasteiger partial charge >= 0.3 is 5.69 Å². The van der Waals surface area contributed by atoms with Crippen LogP contribution in [0.3, 0.4) is 0 Å². The molecule has 10 heteroatoms. The maximum atomic E-state index is 13.1. The average molecular weight is 385 g/mol. The number of hydrogen-bond acceptors (Lipinski definition) is 5. The van der Waals surface area contributed by atoms with Gasteiger partial charge in [-0.1, -0.05) is 6.42 Å². The predicted octanol–water partition coefficient (Wildman–Crippen LogP) is 0.444. The Balaban J connectivity index is 1.74. The number of sulfonamides is 1. The molecule has 1 saturated carbocycles. The van der Waals surface area contributed by atoms with Crippen LogP contribution in [0, 0.1) is 5.92 Å². The molecule has 8 nitrogen and oxygen atoms in total. The van der Waals surface area contributed by atoms with Crippen LogP contribution in [0.1, 0.15) is 19.3 Å². The van der Waals surface area contributed by atoms with Gasteiger partial charge in [-0.15, -0.1) is 0 Å². The summed E-state index contributed by atoms with van der Waals surface area (Å²) in [5.41, 5.74) is 0.539. The van der Waals surface area contributed by atoms with Crippen molar-refractivity contribution in [3.63, 3.8) is 0 Å². The molecule has 1 aliphatic heterocycles. The van der Waals surface area contributed by atoms with E-state index in [0.29, 0.717) is 11.0 Å². The van der Waals surface area contributed by atoms with E-state index in [1.54, 1.807) is 6.07 Å². The third-order valence-electron chi connectivity index (χ3n) is 5.21. The van der Waals surface area contributed by atoms with Crippen LogP contribution in [0.2, 0.25) is 0 Å². The van der Waals surface area contributed by atoms with Crippen molar-refractivity contribution >= 4 is 30.9 Å². The predicted molar refractivity (Wildman–Crippen MR) is 92.6 cm³/mol. The Hall–Kier alpha value is -1.65. The van der Waals surface area contributed by atoms with E-state index in [1.807, 2.05) is 0 Å². The monoisotopic (exact) mass is 385 g/mol. The SMILES string of the molecule is O=c1[nH]c2ccc(S(=O)(=O)N3CCS(=O)(=O)CC3C3CCC3)cc2[nH]1. The molecule has 1 aromatic carbocycles. The number of nitrogens with one attached hydrogen (secondary N) is 2. The highest BCUT2D eigenvalue weighted by atomic mass is 32.2. The van der Waals surface area contributed by atoms with Crippen molar-refractivity contribution < 1.29 is 16.8 Å². The average Bonchev–Trinajstić information content (AvgIpc) is 2.83. The second-order valence-electron chi connectivity index (χ2n) is 6.77. The van der Waals surface area contributed by atoms with Crippen molar-refractivity contribution in [1.29, 1.82) is 0 Å². The largest absolute Gasteiger partial charge is 0.323 e. The molecule has 2 aromatic rings. The van der Waals surface area contributed by atoms with E-state index in [0.717, 1.165) is 19.3 Å². The Morgan fingerprint density at radius 1 is 1.12 bits per heavy atom. The van der Waals surface area contributed by atoms with Gasteiger partial charge in [-0.25, -0.2) is 21.6 Å². The first-order valence-corrected chi connectivity index (χ1v) is 11.5. The van der Waals surface area contributed by atoms with Gasteiger partial charge in [0.2, 0.25) is 10.0 Å². The number of aromatic nitrogens is 2. The van der Waals surface area contributed by atoms with E-state index in [9.17, 15) is 21.6 Å². The summed E-state index contributed by atoms with van der Waals surface area (Å²) in [5, 5.41) is 0. The molecule has 0 spiro atoms. The van der Waals surface area contributed by atoms with Crippen LogP contribution in [0.4, 0.5) is 0 Å². The molecule has 1 aromatic heterocycles. The summed E-state index contributed by atoms with van der Waals surface area (Å²) in [5.74, 6) is -0.167. The number of H-pyrrole nitrogens is 2. The topological polar surface area (TPSA) is 120 Å². The number of imidazole rings is 1. The van der Waals surface area contributed by atoms with Gasteiger partial charge in [0, 0.05) is 12.6 Å². The summed E-state index contributed by atoms with van der Waals surface area (Å²) in [6, 6.07) is 3.91. The Morgan fingerprint density at radius 3 is 2.52 bits per heavy atom. The maximum absolute atomic E-state index is 13.1. The van der Waals surface area contributed by atoms with E-state index < -0.39 is 31.6 Å². The van der Waals surface area contributed by atoms with Gasteiger partial charge in [0.15, 0.2) is 9.84 Å². The van der Waals surface area contributed by atoms with Gasteiger partial charge in [-0.05, 0) is 37.0 Å². The molecule has 0 bridgehead atoms. The van der Waals surface area contributed by atoms with E-state index in [-0.39, 0.29) is 28.9 Å². The molecular formula is C15H19N3O5S2. The zero-order chi connectivity index (χ0) is 17.8. The van der Waals surface area contributed by atoms with Crippen LogP contribution in [0.15, 0.2) is 27.9 Å². The molecule has 1 unspecified atom stereocenters. The molecule has 4 rings (SSSR count). The lowest BCUT2D eigenvalue weighted by atomic mass is 9.80. The summed E-state index contributed by atoms with van der Waals surface area (Å²) in [7, 11) is -7.05. The fourth-order valence-corrected chi connectivity index (χ4v) is 7.16. The van der Waals surface area contributed by atoms with E-state index in [2.05, 4.69) is 9.97 Å². The van der Waals surface area contributed by atoms with Gasteiger partial charge in [0.1, 0.15) is 0 Å². The molecule has 25 heavy (non-hydrogen) atoms. The Kier molecular flexibility index (Phi) is 3.82. The first-order valence-electron chi connectivity index (χ1n) is 8.21. The number of aromatic amines is 2. The van der Waals surface area contributed by atoms with Crippen molar-refractivity contribution in [1.82, 2.24) is 14.3 Å². The van der Waals surface area contributed by atoms with E-state index in [4.69, 9.17) is 0 Å². The van der Waals surface area contributed by atoms with Gasteiger partial charge in [0.25, 0.3) is 0 Å². The smallest absolute Gasteiger partial charge is 0.306 e. The maximum Gasteiger partial charge on any atom is 0.323 e. The summed E-state index contributed by atoms with van der Waals surface area (Å²) in [6.07, 6.45) is 2.72. The number of nitrogens with zero attached hydrogens (tertiary/aromatic N) is 1. The minimum atomic E-state index is -3.83. The number of fused-ring (bicyclic) bond motifs is 1. The third-order valence-corrected chi connectivity index (χ3v) is 8.78. The van der Waals surface area contributed by atoms with Crippen LogP contribution in [0.25, 0.3) is 11.0 Å². The van der Waals surface area contributed by atoms with Crippen LogP contribution >= 0.6 is 0 Å². The van der Waals surface area contributed by atoms with Gasteiger partial charge < -0.3 is 9.97 Å². The summed E-state index contributed by atoms with van der Waals surface area (Å²) < 4.78 is 51.7. The van der Waals surface area contributed by atoms with Crippen LogP contribution in [0.5, 0.6) is 0 Å². The molecule has 0 amide bonds. The third kappa shape index (κ3) is 2.91. The molecular weight excluding hydrogens is 366 g/mol. The van der Waals surface area contributed by atoms with E-state index >= 15 is 0 Å². The lowest BCUT2D eigenvalue weighted by Gasteiger charge is -2.42. The lowest BCUT2D eigenvalue weighted by molar-refractivity contribution is 0.175. The molecule has 1 atom stereocenters. The number of hydrogen-bond donors (Lipinski definition) is 2. The summed E-state index contributed by atoms with van der Waals surface area (Å²) in [6.45, 7) is -0.0203. The highest BCUT2D eigenvalue weighted by Crippen LogP contribution is 2.37. The minimum absolute atomic E-state index is 0.0203. The number of sulfone groups is 1. The molecule has 0 radical (unpaired) electrons. The first-order chi connectivity index (χ1) is 11.8. The van der Waals surface area contributed by atoms with Gasteiger partial charge in [0.05, 0.1) is 27.4 Å². The number of rotatable bonds is 3. The van der Waals surface area contributed by atoms with Crippen molar-refractivity contribution in [2.24, 2.45) is 5.92 Å². The normalized spacial score (nSPS) is 25.0. The Labute approximate surface area is 145 Å². The molecule has 1 saturated heterocycles. The standard InChI is InChI=1S/C15H19N3O5S2/c19-15-16-12-5-4-11(8-13(12)17-15)25(22,23)18-6-7-24(20,21)9-14(18)10-2-1-3-10/h4-5,8,10,14H,1-3,6-7,9H2,(H2,16,17,19). The minimum Gasteiger partial charge on any atom is -0.306 e. The molecule has 2 N–H and O–H groups in total. The zero-order valence-corrected chi connectivity index (χ0v) is 15.1. The van der Waals surface area contributed by atoms with Crippen molar-refractivity contribution in [2.45, 2.75) is 30.2 Å². The van der Waals surface area contributed by atoms with Crippen molar-refractivity contribution in [3.8, 4) is 0 Å². The highest BCUT2D eigenvalue weighted by molar-refractivity contribution is 7.92. The molecule has 1 aliphatic carbocycles. The summed E-state index contributed by atoms with van der Waals surface area (Å²) in [4.78, 5) is 16.6. The molecule has 136 valence electrons. The number of benzene rings is 1. The quantitative estimate of drug-likeness (QED) is 0.794. The molecule has 2 fully saturated rings. The van der Waals surface area contributed by atoms with Crippen molar-refractivity contribution in [2.75, 3.05) is 18.1 Å². The second kappa shape index (κ2) is 5.68. The highest BCUT2D eigenvalue weighted by Gasteiger charge is 2.44. The van der Waals surface area contributed by atoms with Gasteiger partial charge in [-0.2, -0.15) is 4.31 Å². The van der Waals surface area contributed by atoms with Crippen LogP contribution in [-0.4, -0.2) is 55.2 Å². The Morgan fingerprint density at radius 2 is 1.84 bits per heavy atom. The second-order valence-corrected chi connectivity index (χ2v) is 10.9. The van der Waals surface area contributed by atoms with Crippen LogP contribution in [-0.2, 0) is 19.9 Å². The fourth-order valence-electron chi connectivity index (χ4n) is 3.62. The van der Waals surface area contributed by atoms with Gasteiger partial charge in [-0.3, -0.25) is 0 Å².